The molecule has 1 amide bonds. The lowest BCUT2D eigenvalue weighted by molar-refractivity contribution is 0.0793. The molecule has 1 aliphatic heterocycles. The molecule has 1 saturated heterocycles. The highest BCUT2D eigenvalue weighted by Gasteiger charge is 2.25. The van der Waals surface area contributed by atoms with Crippen molar-refractivity contribution in [3.05, 3.63) is 35.0 Å². The Bertz CT molecular complexity index is 740. The Balaban J connectivity index is 1.71. The molecule has 4 rings (SSSR count). The summed E-state index contributed by atoms with van der Waals surface area (Å²) in [4.78, 5) is 20.5. The minimum absolute atomic E-state index is 0.194. The van der Waals surface area contributed by atoms with Gasteiger partial charge in [-0.1, -0.05) is 0 Å². The van der Waals surface area contributed by atoms with Crippen LogP contribution in [0.3, 0.4) is 0 Å². The molecule has 4 nitrogen and oxygen atoms in total. The first-order valence-corrected chi connectivity index (χ1v) is 8.72. The lowest BCUT2D eigenvalue weighted by Gasteiger charge is -2.28. The molecule has 0 bridgehead atoms. The van der Waals surface area contributed by atoms with Crippen LogP contribution in [-0.4, -0.2) is 53.9 Å². The van der Waals surface area contributed by atoms with E-state index in [1.807, 2.05) is 11.0 Å². The number of likely N-dealkylation sites (tertiary alicyclic amines) is 1. The van der Waals surface area contributed by atoms with E-state index >= 15 is 0 Å². The zero-order chi connectivity index (χ0) is 16.0. The minimum Gasteiger partial charge on any atom is -0.358 e. The van der Waals surface area contributed by atoms with Crippen molar-refractivity contribution in [2.75, 3.05) is 27.2 Å². The van der Waals surface area contributed by atoms with Crippen LogP contribution in [0, 0.1) is 0 Å². The van der Waals surface area contributed by atoms with Crippen molar-refractivity contribution < 1.29 is 4.79 Å². The Hall–Kier alpha value is -1.81. The summed E-state index contributed by atoms with van der Waals surface area (Å²) in [5.41, 5.74) is 4.80. The summed E-state index contributed by atoms with van der Waals surface area (Å²) in [6.07, 6.45) is 5.65. The van der Waals surface area contributed by atoms with E-state index in [9.17, 15) is 4.79 Å². The maximum Gasteiger partial charge on any atom is 0.253 e. The molecule has 0 saturated carbocycles. The second kappa shape index (κ2) is 5.68. The molecule has 1 aliphatic carbocycles. The summed E-state index contributed by atoms with van der Waals surface area (Å²) in [5.74, 6) is 0.194. The predicted molar refractivity (Wildman–Crippen MR) is 92.9 cm³/mol. The van der Waals surface area contributed by atoms with E-state index in [0.29, 0.717) is 6.04 Å². The molecule has 1 atom stereocenters. The van der Waals surface area contributed by atoms with E-state index in [2.05, 4.69) is 36.1 Å². The van der Waals surface area contributed by atoms with Gasteiger partial charge in [0.15, 0.2) is 0 Å². The number of aryl methyl sites for hydroxylation is 1. The van der Waals surface area contributed by atoms with Crippen LogP contribution in [0.15, 0.2) is 18.2 Å². The molecule has 2 aromatic rings. The number of aromatic nitrogens is 1. The number of fused-ring (bicyclic) bond motifs is 3. The van der Waals surface area contributed by atoms with E-state index in [0.717, 1.165) is 44.3 Å². The molecular weight excluding hydrogens is 286 g/mol. The summed E-state index contributed by atoms with van der Waals surface area (Å²) in [7, 11) is 4.32. The molecule has 0 spiro atoms. The summed E-state index contributed by atoms with van der Waals surface area (Å²) < 4.78 is 0. The molecule has 0 radical (unpaired) electrons. The van der Waals surface area contributed by atoms with E-state index in [1.165, 1.54) is 28.6 Å². The van der Waals surface area contributed by atoms with Gasteiger partial charge in [0.05, 0.1) is 0 Å². The highest BCUT2D eigenvalue weighted by atomic mass is 16.2. The van der Waals surface area contributed by atoms with Crippen molar-refractivity contribution in [1.29, 1.82) is 0 Å². The second-order valence-electron chi connectivity index (χ2n) is 7.20. The number of aromatic amines is 1. The van der Waals surface area contributed by atoms with Crippen LogP contribution < -0.4 is 0 Å². The first kappa shape index (κ1) is 14.8. The summed E-state index contributed by atoms with van der Waals surface area (Å²) >= 11 is 0. The van der Waals surface area contributed by atoms with Gasteiger partial charge in [-0.3, -0.25) is 4.79 Å². The monoisotopic (exact) mass is 311 g/mol. The van der Waals surface area contributed by atoms with Gasteiger partial charge in [0.1, 0.15) is 0 Å². The molecule has 122 valence electrons. The number of H-pyrrole nitrogens is 1. The van der Waals surface area contributed by atoms with Crippen LogP contribution in [0.1, 0.15) is 40.9 Å². The highest BCUT2D eigenvalue weighted by Crippen LogP contribution is 2.31. The van der Waals surface area contributed by atoms with Gasteiger partial charge in [0.2, 0.25) is 0 Å². The summed E-state index contributed by atoms with van der Waals surface area (Å²) in [5, 5.41) is 1.25. The lowest BCUT2D eigenvalue weighted by Crippen LogP contribution is -2.33. The van der Waals surface area contributed by atoms with E-state index in [-0.39, 0.29) is 5.91 Å². The third-order valence-corrected chi connectivity index (χ3v) is 5.53. The van der Waals surface area contributed by atoms with Crippen LogP contribution in [0.5, 0.6) is 0 Å². The van der Waals surface area contributed by atoms with Crippen molar-refractivity contribution in [2.45, 2.75) is 38.1 Å². The van der Waals surface area contributed by atoms with Crippen molar-refractivity contribution >= 4 is 16.8 Å². The third-order valence-electron chi connectivity index (χ3n) is 5.53. The van der Waals surface area contributed by atoms with Crippen molar-refractivity contribution in [3.8, 4) is 0 Å². The largest absolute Gasteiger partial charge is 0.358 e. The molecule has 23 heavy (non-hydrogen) atoms. The second-order valence-corrected chi connectivity index (χ2v) is 7.20. The molecule has 1 aromatic heterocycles. The average molecular weight is 311 g/mol. The van der Waals surface area contributed by atoms with E-state index < -0.39 is 0 Å². The van der Waals surface area contributed by atoms with Crippen LogP contribution in [0.4, 0.5) is 0 Å². The van der Waals surface area contributed by atoms with Crippen molar-refractivity contribution in [2.24, 2.45) is 0 Å². The smallest absolute Gasteiger partial charge is 0.253 e. The fraction of sp³-hybridized carbons (Fsp3) is 0.526. The molecule has 1 unspecified atom stereocenters. The third kappa shape index (κ3) is 2.55. The van der Waals surface area contributed by atoms with Gasteiger partial charge in [-0.05, 0) is 70.0 Å². The predicted octanol–water partition coefficient (Wildman–Crippen LogP) is 2.82. The van der Waals surface area contributed by atoms with Crippen molar-refractivity contribution in [1.82, 2.24) is 14.8 Å². The van der Waals surface area contributed by atoms with Gasteiger partial charge in [-0.2, -0.15) is 0 Å². The fourth-order valence-electron chi connectivity index (χ4n) is 4.08. The van der Waals surface area contributed by atoms with Gasteiger partial charge in [-0.25, -0.2) is 0 Å². The molecule has 1 fully saturated rings. The maximum absolute atomic E-state index is 12.7. The maximum atomic E-state index is 12.7. The highest BCUT2D eigenvalue weighted by molar-refractivity contribution is 5.99. The number of carbonyl (C=O) groups excluding carboxylic acids is 1. The Morgan fingerprint density at radius 1 is 1.26 bits per heavy atom. The normalized spacial score (nSPS) is 21.2. The van der Waals surface area contributed by atoms with Crippen LogP contribution in [-0.2, 0) is 12.8 Å². The SMILES string of the molecule is CN(C)C1CCc2[nH]c3ccc(C(=O)N4CCCC4)cc3c2C1. The van der Waals surface area contributed by atoms with Gasteiger partial charge in [-0.15, -0.1) is 0 Å². The molecule has 1 N–H and O–H groups in total. The van der Waals surface area contributed by atoms with Gasteiger partial charge < -0.3 is 14.8 Å². The first-order valence-electron chi connectivity index (χ1n) is 8.72. The fourth-order valence-corrected chi connectivity index (χ4v) is 4.08. The molecule has 1 aromatic carbocycles. The van der Waals surface area contributed by atoms with Gasteiger partial charge in [0.25, 0.3) is 5.91 Å². The number of hydrogen-bond acceptors (Lipinski definition) is 2. The summed E-state index contributed by atoms with van der Waals surface area (Å²) in [6, 6.07) is 6.78. The number of benzene rings is 1. The van der Waals surface area contributed by atoms with Crippen LogP contribution >= 0.6 is 0 Å². The van der Waals surface area contributed by atoms with Gasteiger partial charge in [0, 0.05) is 41.3 Å². The minimum atomic E-state index is 0.194. The Morgan fingerprint density at radius 2 is 2.04 bits per heavy atom. The Morgan fingerprint density at radius 3 is 2.78 bits per heavy atom. The number of likely N-dealkylation sites (N-methyl/N-ethyl adjacent to an activating group) is 1. The Kier molecular flexibility index (Phi) is 3.64. The summed E-state index contributed by atoms with van der Waals surface area (Å²) in [6.45, 7) is 1.82. The Labute approximate surface area is 137 Å². The van der Waals surface area contributed by atoms with E-state index in [1.54, 1.807) is 0 Å². The molecule has 2 aliphatic rings. The number of nitrogens with zero attached hydrogens (tertiary/aromatic N) is 2. The lowest BCUT2D eigenvalue weighted by atomic mass is 9.90. The van der Waals surface area contributed by atoms with Crippen molar-refractivity contribution in [3.63, 3.8) is 0 Å². The topological polar surface area (TPSA) is 39.3 Å². The standard InChI is InChI=1S/C19H25N3O/c1-21(2)14-6-8-18-16(12-14)15-11-13(5-7-17(15)20-18)19(23)22-9-3-4-10-22/h5,7,11,14,20H,3-4,6,8-10,12H2,1-2H3. The van der Waals surface area contributed by atoms with Crippen LogP contribution in [0.25, 0.3) is 10.9 Å². The molecule has 2 heterocycles. The quantitative estimate of drug-likeness (QED) is 0.926. The van der Waals surface area contributed by atoms with Gasteiger partial charge >= 0.3 is 0 Å². The number of rotatable bonds is 2. The number of nitrogens with one attached hydrogen (secondary N) is 1. The number of hydrogen-bond donors (Lipinski definition) is 1. The molecule has 4 heteroatoms. The average Bonchev–Trinajstić information content (AvgIpc) is 3.20. The molecular formula is C19H25N3O. The first-order chi connectivity index (χ1) is 11.1. The van der Waals surface area contributed by atoms with Crippen LogP contribution in [0.2, 0.25) is 0 Å². The number of amides is 1. The van der Waals surface area contributed by atoms with E-state index in [4.69, 9.17) is 0 Å². The zero-order valence-corrected chi connectivity index (χ0v) is 14.1. The zero-order valence-electron chi connectivity index (χ0n) is 14.1. The number of carbonyl (C=O) groups is 1.